The van der Waals surface area contributed by atoms with Gasteiger partial charge in [0.15, 0.2) is 5.65 Å². The molecule has 0 spiro atoms. The van der Waals surface area contributed by atoms with Crippen LogP contribution < -0.4 is 15.0 Å². The Morgan fingerprint density at radius 1 is 1.16 bits per heavy atom. The first-order chi connectivity index (χ1) is 15.1. The van der Waals surface area contributed by atoms with Gasteiger partial charge in [0.2, 0.25) is 16.6 Å². The molecule has 5 rings (SSSR count). The van der Waals surface area contributed by atoms with E-state index in [0.29, 0.717) is 27.8 Å². The van der Waals surface area contributed by atoms with Gasteiger partial charge in [-0.25, -0.2) is 9.78 Å². The van der Waals surface area contributed by atoms with Crippen LogP contribution in [0.3, 0.4) is 0 Å². The zero-order valence-electron chi connectivity index (χ0n) is 16.2. The van der Waals surface area contributed by atoms with Crippen molar-refractivity contribution >= 4 is 39.6 Å². The summed E-state index contributed by atoms with van der Waals surface area (Å²) in [4.78, 5) is 32.6. The lowest BCUT2D eigenvalue weighted by Gasteiger charge is -1.99. The lowest BCUT2D eigenvalue weighted by atomic mass is 10.2. The number of aromatic nitrogens is 6. The highest BCUT2D eigenvalue weighted by Gasteiger charge is 2.30. The molecule has 0 radical (unpaired) electrons. The second-order valence-corrected chi connectivity index (χ2v) is 7.48. The van der Waals surface area contributed by atoms with Crippen molar-refractivity contribution in [3.8, 4) is 11.4 Å². The van der Waals surface area contributed by atoms with Gasteiger partial charge in [-0.2, -0.15) is 0 Å². The Hall–Kier alpha value is -3.99. The van der Waals surface area contributed by atoms with Gasteiger partial charge in [0.25, 0.3) is 0 Å². The maximum Gasteiger partial charge on any atom is 0.438 e. The summed E-state index contributed by atoms with van der Waals surface area (Å²) in [7, 11) is 1.55. The summed E-state index contributed by atoms with van der Waals surface area (Å²) < 4.78 is 11.3. The summed E-state index contributed by atoms with van der Waals surface area (Å²) in [5.74, 6) is 0.151. The number of para-hydroxylation sites is 1. The third-order valence-electron chi connectivity index (χ3n) is 4.68. The van der Waals surface area contributed by atoms with Crippen molar-refractivity contribution in [3.63, 3.8) is 0 Å². The number of nitrogens with zero attached hydrogens (tertiary/aromatic N) is 4. The summed E-state index contributed by atoms with van der Waals surface area (Å²) in [6.07, 6.45) is 0. The van der Waals surface area contributed by atoms with Crippen molar-refractivity contribution in [2.45, 2.75) is 5.16 Å². The Bertz CT molecular complexity index is 1470. The molecule has 0 unspecified atom stereocenters. The lowest BCUT2D eigenvalue weighted by Crippen LogP contribution is -2.41. The van der Waals surface area contributed by atoms with Gasteiger partial charge in [0.1, 0.15) is 11.3 Å². The molecule has 0 atom stereocenters. The van der Waals surface area contributed by atoms with Gasteiger partial charge in [-0.3, -0.25) is 9.32 Å². The summed E-state index contributed by atoms with van der Waals surface area (Å²) in [6, 6.07) is 14.5. The monoisotopic (exact) mass is 435 g/mol. The van der Waals surface area contributed by atoms with Crippen molar-refractivity contribution < 1.29 is 18.7 Å². The molecule has 0 aliphatic rings. The molecule has 3 heterocycles. The molecule has 0 saturated carbocycles. The number of methoxy groups -OCH3 is 1. The lowest BCUT2D eigenvalue weighted by molar-refractivity contribution is -0.672. The van der Waals surface area contributed by atoms with Crippen LogP contribution in [-0.2, 0) is 0 Å². The number of hydrogen-bond acceptors (Lipinski definition) is 8. The quantitative estimate of drug-likeness (QED) is 0.235. The second-order valence-electron chi connectivity index (χ2n) is 6.54. The summed E-state index contributed by atoms with van der Waals surface area (Å²) in [6.45, 7) is 0. The van der Waals surface area contributed by atoms with Crippen LogP contribution in [0.25, 0.3) is 27.8 Å². The van der Waals surface area contributed by atoms with E-state index in [2.05, 4.69) is 25.4 Å². The maximum atomic E-state index is 12.8. The number of rotatable bonds is 6. The van der Waals surface area contributed by atoms with Crippen LogP contribution in [0.5, 0.6) is 5.75 Å². The molecule has 0 fully saturated rings. The molecular weight excluding hydrogens is 420 g/mol. The highest BCUT2D eigenvalue weighted by Crippen LogP contribution is 2.23. The molecule has 0 bridgehead atoms. The first-order valence-electron chi connectivity index (χ1n) is 9.19. The first kappa shape index (κ1) is 19.0. The van der Waals surface area contributed by atoms with E-state index in [0.717, 1.165) is 22.7 Å². The third kappa shape index (κ3) is 3.44. The number of nitrogens with one attached hydrogen (secondary N) is 2. The minimum absolute atomic E-state index is 0.0633. The van der Waals surface area contributed by atoms with E-state index >= 15 is 0 Å². The van der Waals surface area contributed by atoms with Gasteiger partial charge < -0.3 is 9.72 Å². The Morgan fingerprint density at radius 2 is 1.97 bits per heavy atom. The van der Waals surface area contributed by atoms with E-state index in [1.54, 1.807) is 31.4 Å². The Morgan fingerprint density at radius 3 is 2.77 bits per heavy atom. The number of aromatic amines is 2. The van der Waals surface area contributed by atoms with Gasteiger partial charge in [-0.1, -0.05) is 30.0 Å². The Labute approximate surface area is 178 Å². The van der Waals surface area contributed by atoms with Crippen molar-refractivity contribution in [1.29, 1.82) is 0 Å². The first-order valence-corrected chi connectivity index (χ1v) is 10.2. The highest BCUT2D eigenvalue weighted by molar-refractivity contribution is 7.99. The number of ether oxygens (including phenoxy) is 1. The molecule has 2 N–H and O–H groups in total. The van der Waals surface area contributed by atoms with Gasteiger partial charge in [0.05, 0.1) is 12.9 Å². The number of benzene rings is 2. The standard InChI is InChI=1S/C20H14N6O4S/c1-29-12-8-6-11(7-9-12)26-17(19(28)30-25-26)15(27)10-31-20-22-18-16(23-24-20)13-4-2-3-5-14(13)21-18/h2-9H,10H2,1H3,(H-,21,22,23,24,25,27,28)/p+1. The number of ketones is 1. The van der Waals surface area contributed by atoms with E-state index in [1.165, 1.54) is 4.68 Å². The summed E-state index contributed by atoms with van der Waals surface area (Å²) >= 11 is 1.09. The van der Waals surface area contributed by atoms with E-state index in [1.807, 2.05) is 24.3 Å². The highest BCUT2D eigenvalue weighted by atomic mass is 32.2. The number of carbonyl (C=O) groups excluding carboxylic acids is 1. The molecule has 3 aromatic heterocycles. The molecule has 10 nitrogen and oxygen atoms in total. The average molecular weight is 435 g/mol. The van der Waals surface area contributed by atoms with Crippen LogP contribution in [0, 0.1) is 0 Å². The molecule has 31 heavy (non-hydrogen) atoms. The number of carbonyl (C=O) groups is 1. The summed E-state index contributed by atoms with van der Waals surface area (Å²) in [5, 5.41) is 12.0. The number of fused-ring (bicyclic) bond motifs is 3. The second kappa shape index (κ2) is 7.69. The van der Waals surface area contributed by atoms with E-state index in [4.69, 9.17) is 9.26 Å². The Balaban J connectivity index is 1.39. The number of thioether (sulfide) groups is 1. The number of H-pyrrole nitrogens is 2. The van der Waals surface area contributed by atoms with Crippen LogP contribution in [0.1, 0.15) is 10.5 Å². The Kier molecular flexibility index (Phi) is 4.71. The minimum Gasteiger partial charge on any atom is -0.497 e. The zero-order chi connectivity index (χ0) is 21.4. The molecule has 154 valence electrons. The minimum atomic E-state index is -0.758. The predicted octanol–water partition coefficient (Wildman–Crippen LogP) is 2.05. The fraction of sp³-hybridized carbons (Fsp3) is 0.100. The van der Waals surface area contributed by atoms with Crippen molar-refractivity contribution in [2.24, 2.45) is 0 Å². The zero-order valence-corrected chi connectivity index (χ0v) is 17.0. The average Bonchev–Trinajstić information content (AvgIpc) is 3.37. The van der Waals surface area contributed by atoms with Crippen molar-refractivity contribution in [1.82, 2.24) is 25.4 Å². The normalized spacial score (nSPS) is 11.3. The maximum absolute atomic E-state index is 12.8. The van der Waals surface area contributed by atoms with Crippen LogP contribution >= 0.6 is 11.8 Å². The number of hydrogen-bond donors (Lipinski definition) is 2. The molecular formula is C20H15N6O4S+. The molecule has 0 aliphatic heterocycles. The molecule has 11 heteroatoms. The molecule has 2 aromatic carbocycles. The fourth-order valence-electron chi connectivity index (χ4n) is 3.19. The van der Waals surface area contributed by atoms with Gasteiger partial charge in [-0.15, -0.1) is 10.2 Å². The third-order valence-corrected chi connectivity index (χ3v) is 5.51. The van der Waals surface area contributed by atoms with Gasteiger partial charge in [-0.05, 0) is 28.2 Å². The van der Waals surface area contributed by atoms with E-state index in [-0.39, 0.29) is 11.4 Å². The van der Waals surface area contributed by atoms with Crippen LogP contribution in [0.15, 0.2) is 63.0 Å². The molecule has 0 saturated heterocycles. The van der Waals surface area contributed by atoms with Gasteiger partial charge in [0, 0.05) is 23.0 Å². The van der Waals surface area contributed by atoms with E-state index < -0.39 is 11.4 Å². The number of Topliss-reactive ketones (excluding diaryl/α,β-unsaturated/α-hetero) is 1. The predicted molar refractivity (Wildman–Crippen MR) is 112 cm³/mol. The van der Waals surface area contributed by atoms with Crippen molar-refractivity contribution in [2.75, 3.05) is 12.9 Å². The van der Waals surface area contributed by atoms with Gasteiger partial charge >= 0.3 is 11.3 Å². The largest absolute Gasteiger partial charge is 0.497 e. The fourth-order valence-corrected chi connectivity index (χ4v) is 3.84. The SMILES string of the molecule is COc1ccc(-[n+]2[nH]oc(=O)c2C(=O)CSc2nnc3c(n2)[nH]c2ccccc23)cc1. The molecule has 0 aliphatic carbocycles. The van der Waals surface area contributed by atoms with Crippen LogP contribution in [0.4, 0.5) is 0 Å². The van der Waals surface area contributed by atoms with Crippen LogP contribution in [0.2, 0.25) is 0 Å². The molecule has 0 amide bonds. The van der Waals surface area contributed by atoms with Crippen LogP contribution in [-0.4, -0.2) is 44.1 Å². The van der Waals surface area contributed by atoms with Crippen molar-refractivity contribution in [3.05, 3.63) is 64.6 Å². The molecule has 5 aromatic rings. The van der Waals surface area contributed by atoms with E-state index in [9.17, 15) is 9.59 Å². The topological polar surface area (TPSA) is 131 Å². The summed E-state index contributed by atoms with van der Waals surface area (Å²) in [5.41, 5.74) is 1.82. The smallest absolute Gasteiger partial charge is 0.438 e.